The van der Waals surface area contributed by atoms with Crippen LogP contribution in [0.3, 0.4) is 0 Å². The first-order valence-corrected chi connectivity index (χ1v) is 14.2. The van der Waals surface area contributed by atoms with Crippen LogP contribution < -0.4 is 14.4 Å². The summed E-state index contributed by atoms with van der Waals surface area (Å²) < 4.78 is 31.8. The smallest absolute Gasteiger partial charge is 0.244 e. The van der Waals surface area contributed by atoms with Crippen molar-refractivity contribution in [3.8, 4) is 5.75 Å². The zero-order chi connectivity index (χ0) is 27.0. The molecule has 1 N–H and O–H groups in total. The van der Waals surface area contributed by atoms with E-state index in [-0.39, 0.29) is 29.9 Å². The average Bonchev–Trinajstić information content (AvgIpc) is 2.83. The number of sulfonamides is 1. The Bertz CT molecular complexity index is 1160. The summed E-state index contributed by atoms with van der Waals surface area (Å²) in [5, 5.41) is 3.58. The van der Waals surface area contributed by atoms with Crippen molar-refractivity contribution in [2.45, 2.75) is 52.2 Å². The van der Waals surface area contributed by atoms with Gasteiger partial charge in [0.05, 0.1) is 19.1 Å². The number of methoxy groups -OCH3 is 1. The lowest BCUT2D eigenvalue weighted by molar-refractivity contribution is -0.140. The summed E-state index contributed by atoms with van der Waals surface area (Å²) in [6.45, 7) is 4.97. The van der Waals surface area contributed by atoms with E-state index in [1.165, 1.54) is 12.0 Å². The van der Waals surface area contributed by atoms with Crippen LogP contribution in [0.5, 0.6) is 5.75 Å². The molecule has 0 aromatic heterocycles. The van der Waals surface area contributed by atoms with Gasteiger partial charge < -0.3 is 15.0 Å². The van der Waals surface area contributed by atoms with Crippen molar-refractivity contribution in [1.29, 1.82) is 0 Å². The molecule has 2 rings (SSSR count). The number of carbonyl (C=O) groups is 2. The summed E-state index contributed by atoms with van der Waals surface area (Å²) in [6.07, 6.45) is 2.01. The van der Waals surface area contributed by atoms with Gasteiger partial charge in [0.25, 0.3) is 0 Å². The summed E-state index contributed by atoms with van der Waals surface area (Å²) in [5.41, 5.74) is 0.677. The molecule has 0 aliphatic rings. The average molecular weight is 559 g/mol. The first-order valence-electron chi connectivity index (χ1n) is 11.6. The van der Waals surface area contributed by atoms with Crippen LogP contribution in [0.25, 0.3) is 0 Å². The minimum absolute atomic E-state index is 0.0761. The van der Waals surface area contributed by atoms with Gasteiger partial charge in [0.15, 0.2) is 0 Å². The van der Waals surface area contributed by atoms with Crippen LogP contribution in [0.4, 0.5) is 5.69 Å². The molecule has 0 fully saturated rings. The van der Waals surface area contributed by atoms with Crippen LogP contribution in [0, 0.1) is 0 Å². The van der Waals surface area contributed by atoms with Crippen LogP contribution >= 0.6 is 23.2 Å². The largest absolute Gasteiger partial charge is 0.495 e. The van der Waals surface area contributed by atoms with E-state index in [1.807, 2.05) is 13.8 Å². The highest BCUT2D eigenvalue weighted by atomic mass is 35.5. The van der Waals surface area contributed by atoms with E-state index in [4.69, 9.17) is 27.9 Å². The zero-order valence-corrected chi connectivity index (χ0v) is 23.5. The standard InChI is InChI=1S/C25H33Cl2N3O5S/c1-6-17(3)28-25(32)21(7-2)29(15-18-19(26)11-10-12-20(18)27)24(31)16-30(36(5,33)34)22-13-8-9-14-23(22)35-4/h8-14,17,21H,6-7,15-16H2,1-5H3,(H,28,32)/t17-,21-/m0/s1. The van der Waals surface area contributed by atoms with E-state index in [0.29, 0.717) is 28.5 Å². The number of ether oxygens (including phenoxy) is 1. The molecular formula is C25H33Cl2N3O5S. The normalized spacial score (nSPS) is 13.0. The molecule has 0 bridgehead atoms. The predicted molar refractivity (Wildman–Crippen MR) is 144 cm³/mol. The number of nitrogens with one attached hydrogen (secondary N) is 1. The summed E-state index contributed by atoms with van der Waals surface area (Å²) in [7, 11) is -2.47. The van der Waals surface area contributed by atoms with E-state index in [9.17, 15) is 18.0 Å². The van der Waals surface area contributed by atoms with Crippen LogP contribution in [0.1, 0.15) is 39.2 Å². The monoisotopic (exact) mass is 557 g/mol. The fraction of sp³-hybridized carbons (Fsp3) is 0.440. The van der Waals surface area contributed by atoms with Gasteiger partial charge >= 0.3 is 0 Å². The highest BCUT2D eigenvalue weighted by molar-refractivity contribution is 7.92. The van der Waals surface area contributed by atoms with Crippen molar-refractivity contribution < 1.29 is 22.7 Å². The van der Waals surface area contributed by atoms with Gasteiger partial charge in [-0.25, -0.2) is 8.42 Å². The van der Waals surface area contributed by atoms with E-state index < -0.39 is 28.5 Å². The first-order chi connectivity index (χ1) is 16.9. The molecule has 198 valence electrons. The maximum absolute atomic E-state index is 13.8. The molecule has 8 nitrogen and oxygen atoms in total. The molecule has 2 aromatic carbocycles. The number of hydrogen-bond acceptors (Lipinski definition) is 5. The van der Waals surface area contributed by atoms with E-state index in [2.05, 4.69) is 5.32 Å². The second-order valence-corrected chi connectivity index (χ2v) is 11.1. The van der Waals surface area contributed by atoms with E-state index >= 15 is 0 Å². The maximum Gasteiger partial charge on any atom is 0.244 e. The minimum Gasteiger partial charge on any atom is -0.495 e. The lowest BCUT2D eigenvalue weighted by atomic mass is 10.1. The molecule has 36 heavy (non-hydrogen) atoms. The van der Waals surface area contributed by atoms with Crippen molar-refractivity contribution in [2.75, 3.05) is 24.2 Å². The third-order valence-electron chi connectivity index (χ3n) is 5.81. The van der Waals surface area contributed by atoms with Crippen LogP contribution in [0.2, 0.25) is 10.0 Å². The number of para-hydroxylation sites is 2. The van der Waals surface area contributed by atoms with Gasteiger partial charge in [-0.3, -0.25) is 13.9 Å². The number of hydrogen-bond donors (Lipinski definition) is 1. The molecule has 11 heteroatoms. The Hall–Kier alpha value is -2.49. The van der Waals surface area contributed by atoms with Crippen molar-refractivity contribution >= 4 is 50.7 Å². The summed E-state index contributed by atoms with van der Waals surface area (Å²) in [6, 6.07) is 10.5. The summed E-state index contributed by atoms with van der Waals surface area (Å²) in [5.74, 6) is -0.641. The van der Waals surface area contributed by atoms with Crippen molar-refractivity contribution in [2.24, 2.45) is 0 Å². The number of benzene rings is 2. The molecule has 0 aliphatic carbocycles. The number of anilines is 1. The van der Waals surface area contributed by atoms with Crippen molar-refractivity contribution in [3.63, 3.8) is 0 Å². The Balaban J connectivity index is 2.54. The first kappa shape index (κ1) is 29.7. The number of halogens is 2. The lowest BCUT2D eigenvalue weighted by Crippen LogP contribution is -2.53. The van der Waals surface area contributed by atoms with Gasteiger partial charge in [0.2, 0.25) is 21.8 Å². The molecule has 2 atom stereocenters. The van der Waals surface area contributed by atoms with Crippen molar-refractivity contribution in [3.05, 3.63) is 58.1 Å². The predicted octanol–water partition coefficient (Wildman–Crippen LogP) is 4.49. The molecule has 0 aliphatic heterocycles. The van der Waals surface area contributed by atoms with E-state index in [1.54, 1.807) is 49.4 Å². The summed E-state index contributed by atoms with van der Waals surface area (Å²) in [4.78, 5) is 28.3. The Morgan fingerprint density at radius 3 is 2.17 bits per heavy atom. The van der Waals surface area contributed by atoms with E-state index in [0.717, 1.165) is 10.6 Å². The van der Waals surface area contributed by atoms with Gasteiger partial charge in [0, 0.05) is 28.2 Å². The van der Waals surface area contributed by atoms with Gasteiger partial charge in [-0.1, -0.05) is 55.2 Å². The Morgan fingerprint density at radius 2 is 1.64 bits per heavy atom. The highest BCUT2D eigenvalue weighted by Gasteiger charge is 2.33. The summed E-state index contributed by atoms with van der Waals surface area (Å²) >= 11 is 12.8. The Morgan fingerprint density at radius 1 is 1.03 bits per heavy atom. The topological polar surface area (TPSA) is 96.0 Å². The molecule has 0 heterocycles. The second kappa shape index (κ2) is 13.2. The van der Waals surface area contributed by atoms with Gasteiger partial charge in [-0.2, -0.15) is 0 Å². The molecule has 2 amide bonds. The van der Waals surface area contributed by atoms with Gasteiger partial charge in [-0.15, -0.1) is 0 Å². The van der Waals surface area contributed by atoms with Gasteiger partial charge in [0.1, 0.15) is 18.3 Å². The maximum atomic E-state index is 13.8. The number of rotatable bonds is 12. The molecule has 0 saturated heterocycles. The SMILES string of the molecule is CC[C@H](C)NC(=O)[C@H](CC)N(Cc1c(Cl)cccc1Cl)C(=O)CN(c1ccccc1OC)S(C)(=O)=O. The third kappa shape index (κ3) is 7.51. The molecule has 0 saturated carbocycles. The molecule has 0 radical (unpaired) electrons. The van der Waals surface area contributed by atoms with Crippen LogP contribution in [-0.4, -0.2) is 57.1 Å². The van der Waals surface area contributed by atoms with Crippen LogP contribution in [-0.2, 0) is 26.2 Å². The third-order valence-corrected chi connectivity index (χ3v) is 7.64. The Labute approximate surface area is 223 Å². The van der Waals surface area contributed by atoms with Gasteiger partial charge in [-0.05, 0) is 44.0 Å². The number of carbonyl (C=O) groups excluding carboxylic acids is 2. The number of amides is 2. The highest BCUT2D eigenvalue weighted by Crippen LogP contribution is 2.31. The van der Waals surface area contributed by atoms with Crippen LogP contribution in [0.15, 0.2) is 42.5 Å². The molecule has 2 aromatic rings. The molecule has 0 unspecified atom stereocenters. The quantitative estimate of drug-likeness (QED) is 0.414. The Kier molecular flexibility index (Phi) is 10.9. The minimum atomic E-state index is -3.89. The molecular weight excluding hydrogens is 525 g/mol. The number of nitrogens with zero attached hydrogens (tertiary/aromatic N) is 2. The fourth-order valence-corrected chi connectivity index (χ4v) is 5.01. The molecule has 0 spiro atoms. The zero-order valence-electron chi connectivity index (χ0n) is 21.1. The van der Waals surface area contributed by atoms with Crippen molar-refractivity contribution in [1.82, 2.24) is 10.2 Å². The fourth-order valence-electron chi connectivity index (χ4n) is 3.64. The lowest BCUT2D eigenvalue weighted by Gasteiger charge is -2.34. The second-order valence-electron chi connectivity index (χ2n) is 8.41.